The Hall–Kier alpha value is -2.95. The normalized spacial score (nSPS) is 14.2. The Morgan fingerprint density at radius 1 is 0.962 bits per heavy atom. The first-order chi connectivity index (χ1) is 12.4. The Bertz CT molecular complexity index is 806. The van der Waals surface area contributed by atoms with E-state index in [2.05, 4.69) is 13.8 Å². The summed E-state index contributed by atoms with van der Waals surface area (Å²) in [6, 6.07) is 14.2. The molecule has 2 amide bonds. The van der Waals surface area contributed by atoms with Gasteiger partial charge in [0.25, 0.3) is 0 Å². The lowest BCUT2D eigenvalue weighted by Gasteiger charge is -2.13. The summed E-state index contributed by atoms with van der Waals surface area (Å²) in [5, 5.41) is 0. The summed E-state index contributed by atoms with van der Waals surface area (Å²) in [5.74, 6) is 0.173. The summed E-state index contributed by atoms with van der Waals surface area (Å²) in [6.45, 7) is 4.45. The maximum Gasteiger partial charge on any atom is 0.343 e. The van der Waals surface area contributed by atoms with Crippen LogP contribution in [0, 0.1) is 0 Å². The van der Waals surface area contributed by atoms with Gasteiger partial charge in [0.15, 0.2) is 0 Å². The van der Waals surface area contributed by atoms with Crippen LogP contribution in [0.1, 0.15) is 54.1 Å². The van der Waals surface area contributed by atoms with E-state index in [9.17, 15) is 14.4 Å². The highest BCUT2D eigenvalue weighted by Gasteiger charge is 2.28. The highest BCUT2D eigenvalue weighted by Crippen LogP contribution is 2.20. The fourth-order valence-electron chi connectivity index (χ4n) is 2.81. The molecular formula is C21H21NO4. The summed E-state index contributed by atoms with van der Waals surface area (Å²) < 4.78 is 5.39. The smallest absolute Gasteiger partial charge is 0.343 e. The van der Waals surface area contributed by atoms with E-state index in [1.165, 1.54) is 10.5 Å². The molecule has 0 atom stereocenters. The lowest BCUT2D eigenvalue weighted by molar-refractivity contribution is -0.139. The average Bonchev–Trinajstić information content (AvgIpc) is 2.94. The molecule has 3 rings (SSSR count). The van der Waals surface area contributed by atoms with Gasteiger partial charge in [-0.1, -0.05) is 38.1 Å². The predicted molar refractivity (Wildman–Crippen MR) is 96.7 cm³/mol. The number of carbonyl (C=O) groups excluding carboxylic acids is 3. The van der Waals surface area contributed by atoms with Crippen molar-refractivity contribution in [2.75, 3.05) is 0 Å². The SMILES string of the molecule is CC(C)c1ccc(OC(=O)c2ccc(CN3C(=O)CCC3=O)cc2)cc1. The third kappa shape index (κ3) is 3.99. The van der Waals surface area contributed by atoms with Crippen molar-refractivity contribution in [3.8, 4) is 5.75 Å². The highest BCUT2D eigenvalue weighted by atomic mass is 16.5. The first-order valence-electron chi connectivity index (χ1n) is 8.68. The van der Waals surface area contributed by atoms with Crippen LogP contribution in [0.3, 0.4) is 0 Å². The predicted octanol–water partition coefficient (Wildman–Crippen LogP) is 3.68. The molecule has 0 aromatic heterocycles. The summed E-state index contributed by atoms with van der Waals surface area (Å²) >= 11 is 0. The maximum atomic E-state index is 12.3. The molecule has 0 radical (unpaired) electrons. The molecule has 0 bridgehead atoms. The first kappa shape index (κ1) is 17.9. The minimum atomic E-state index is -0.442. The number of benzene rings is 2. The van der Waals surface area contributed by atoms with Gasteiger partial charge in [0.1, 0.15) is 5.75 Å². The van der Waals surface area contributed by atoms with Crippen molar-refractivity contribution in [3.05, 3.63) is 65.2 Å². The van der Waals surface area contributed by atoms with E-state index in [0.29, 0.717) is 17.2 Å². The van der Waals surface area contributed by atoms with Gasteiger partial charge >= 0.3 is 5.97 Å². The van der Waals surface area contributed by atoms with E-state index >= 15 is 0 Å². The van der Waals surface area contributed by atoms with Crippen molar-refractivity contribution < 1.29 is 19.1 Å². The van der Waals surface area contributed by atoms with E-state index in [1.54, 1.807) is 36.4 Å². The second kappa shape index (κ2) is 7.52. The van der Waals surface area contributed by atoms with Crippen molar-refractivity contribution in [3.63, 3.8) is 0 Å². The molecule has 1 fully saturated rings. The van der Waals surface area contributed by atoms with E-state index < -0.39 is 5.97 Å². The van der Waals surface area contributed by atoms with Crippen molar-refractivity contribution in [2.45, 2.75) is 39.2 Å². The van der Waals surface area contributed by atoms with Crippen LogP contribution in [-0.4, -0.2) is 22.7 Å². The molecule has 0 aliphatic carbocycles. The Balaban J connectivity index is 1.63. The molecule has 1 aliphatic rings. The quantitative estimate of drug-likeness (QED) is 0.468. The second-order valence-corrected chi connectivity index (χ2v) is 6.68. The number of nitrogens with zero attached hydrogens (tertiary/aromatic N) is 1. The topological polar surface area (TPSA) is 63.7 Å². The van der Waals surface area contributed by atoms with Gasteiger partial charge in [-0.15, -0.1) is 0 Å². The largest absolute Gasteiger partial charge is 0.423 e. The number of imide groups is 1. The number of hydrogen-bond donors (Lipinski definition) is 0. The average molecular weight is 351 g/mol. The van der Waals surface area contributed by atoms with Crippen molar-refractivity contribution in [1.82, 2.24) is 4.90 Å². The van der Waals surface area contributed by atoms with E-state index in [0.717, 1.165) is 5.56 Å². The number of esters is 1. The van der Waals surface area contributed by atoms with Crippen LogP contribution >= 0.6 is 0 Å². The van der Waals surface area contributed by atoms with Gasteiger partial charge in [-0.25, -0.2) is 4.79 Å². The van der Waals surface area contributed by atoms with Gasteiger partial charge in [-0.3, -0.25) is 14.5 Å². The number of amides is 2. The molecular weight excluding hydrogens is 330 g/mol. The Morgan fingerprint density at radius 2 is 1.54 bits per heavy atom. The first-order valence-corrected chi connectivity index (χ1v) is 8.68. The van der Waals surface area contributed by atoms with Crippen LogP contribution in [0.5, 0.6) is 5.75 Å². The fourth-order valence-corrected chi connectivity index (χ4v) is 2.81. The second-order valence-electron chi connectivity index (χ2n) is 6.68. The third-order valence-electron chi connectivity index (χ3n) is 4.44. The van der Waals surface area contributed by atoms with Crippen molar-refractivity contribution >= 4 is 17.8 Å². The zero-order valence-corrected chi connectivity index (χ0v) is 14.9. The van der Waals surface area contributed by atoms with Crippen molar-refractivity contribution in [2.24, 2.45) is 0 Å². The monoisotopic (exact) mass is 351 g/mol. The van der Waals surface area contributed by atoms with E-state index in [-0.39, 0.29) is 31.2 Å². The van der Waals surface area contributed by atoms with Gasteiger partial charge in [0, 0.05) is 12.8 Å². The van der Waals surface area contributed by atoms with Crippen LogP contribution in [0.25, 0.3) is 0 Å². The van der Waals surface area contributed by atoms with Crippen molar-refractivity contribution in [1.29, 1.82) is 0 Å². The minimum absolute atomic E-state index is 0.150. The summed E-state index contributed by atoms with van der Waals surface area (Å²) in [4.78, 5) is 36.8. The zero-order valence-electron chi connectivity index (χ0n) is 14.9. The number of carbonyl (C=O) groups is 3. The van der Waals surface area contributed by atoms with Crippen LogP contribution in [0.2, 0.25) is 0 Å². The molecule has 5 heteroatoms. The summed E-state index contributed by atoms with van der Waals surface area (Å²) in [6.07, 6.45) is 0.553. The number of ether oxygens (including phenoxy) is 1. The molecule has 1 saturated heterocycles. The molecule has 5 nitrogen and oxygen atoms in total. The molecule has 0 N–H and O–H groups in total. The minimum Gasteiger partial charge on any atom is -0.423 e. The standard InChI is InChI=1S/C21H21NO4/c1-14(2)16-7-9-18(10-8-16)26-21(25)17-5-3-15(4-6-17)13-22-19(23)11-12-20(22)24/h3-10,14H,11-13H2,1-2H3. The Labute approximate surface area is 152 Å². The lowest BCUT2D eigenvalue weighted by Crippen LogP contribution is -2.28. The Kier molecular flexibility index (Phi) is 5.16. The number of likely N-dealkylation sites (tertiary alicyclic amines) is 1. The van der Waals surface area contributed by atoms with E-state index in [1.807, 2.05) is 12.1 Å². The third-order valence-corrected chi connectivity index (χ3v) is 4.44. The van der Waals surface area contributed by atoms with Crippen LogP contribution in [0.15, 0.2) is 48.5 Å². The molecule has 0 saturated carbocycles. The van der Waals surface area contributed by atoms with Gasteiger partial charge in [-0.2, -0.15) is 0 Å². The maximum absolute atomic E-state index is 12.3. The molecule has 0 unspecified atom stereocenters. The molecule has 1 aliphatic heterocycles. The van der Waals surface area contributed by atoms with E-state index in [4.69, 9.17) is 4.74 Å². The highest BCUT2D eigenvalue weighted by molar-refractivity contribution is 6.01. The molecule has 134 valence electrons. The van der Waals surface area contributed by atoms with Crippen LogP contribution < -0.4 is 4.74 Å². The van der Waals surface area contributed by atoms with Gasteiger partial charge in [0.2, 0.25) is 11.8 Å². The van der Waals surface area contributed by atoms with Gasteiger partial charge < -0.3 is 4.74 Å². The molecule has 2 aromatic rings. The molecule has 1 heterocycles. The molecule has 26 heavy (non-hydrogen) atoms. The summed E-state index contributed by atoms with van der Waals surface area (Å²) in [5.41, 5.74) is 2.40. The van der Waals surface area contributed by atoms with Crippen LogP contribution in [-0.2, 0) is 16.1 Å². The summed E-state index contributed by atoms with van der Waals surface area (Å²) in [7, 11) is 0. The number of hydrogen-bond acceptors (Lipinski definition) is 4. The zero-order chi connectivity index (χ0) is 18.7. The van der Waals surface area contributed by atoms with Gasteiger partial charge in [-0.05, 0) is 41.3 Å². The molecule has 0 spiro atoms. The lowest BCUT2D eigenvalue weighted by atomic mass is 10.0. The van der Waals surface area contributed by atoms with Crippen LogP contribution in [0.4, 0.5) is 0 Å². The fraction of sp³-hybridized carbons (Fsp3) is 0.286. The van der Waals surface area contributed by atoms with Gasteiger partial charge in [0.05, 0.1) is 12.1 Å². The Morgan fingerprint density at radius 3 is 2.08 bits per heavy atom. The number of rotatable bonds is 5. The molecule has 2 aromatic carbocycles.